The van der Waals surface area contributed by atoms with Crippen LogP contribution < -0.4 is 0 Å². The van der Waals surface area contributed by atoms with Gasteiger partial charge < -0.3 is 0 Å². The standard InChI is InChI=1S/C12H15Cl2NO2S/c13-7-5-10-6-8-15(9-10)18(16,17)12-3-1-11(14)2-4-12/h1-4,10H,5-9H2. The van der Waals surface area contributed by atoms with E-state index in [0.717, 1.165) is 12.8 Å². The van der Waals surface area contributed by atoms with E-state index in [1.54, 1.807) is 24.3 Å². The third kappa shape index (κ3) is 2.99. The van der Waals surface area contributed by atoms with E-state index >= 15 is 0 Å². The fourth-order valence-corrected chi connectivity index (χ4v) is 4.13. The molecule has 1 aliphatic heterocycles. The number of alkyl halides is 1. The summed E-state index contributed by atoms with van der Waals surface area (Å²) >= 11 is 11.5. The Morgan fingerprint density at radius 2 is 1.94 bits per heavy atom. The van der Waals surface area contributed by atoms with Gasteiger partial charge in [0.25, 0.3) is 0 Å². The molecule has 1 aromatic carbocycles. The van der Waals surface area contributed by atoms with Crippen LogP contribution in [0.1, 0.15) is 12.8 Å². The maximum atomic E-state index is 12.3. The summed E-state index contributed by atoms with van der Waals surface area (Å²) in [4.78, 5) is 0.304. The number of nitrogens with zero attached hydrogens (tertiary/aromatic N) is 1. The molecule has 100 valence electrons. The molecule has 0 aromatic heterocycles. The molecule has 1 heterocycles. The van der Waals surface area contributed by atoms with Gasteiger partial charge >= 0.3 is 0 Å². The summed E-state index contributed by atoms with van der Waals surface area (Å²) in [5.41, 5.74) is 0. The van der Waals surface area contributed by atoms with Crippen molar-refractivity contribution in [3.05, 3.63) is 29.3 Å². The summed E-state index contributed by atoms with van der Waals surface area (Å²) in [7, 11) is -3.38. The average Bonchev–Trinajstić information content (AvgIpc) is 2.79. The maximum Gasteiger partial charge on any atom is 0.243 e. The molecular weight excluding hydrogens is 293 g/mol. The summed E-state index contributed by atoms with van der Waals surface area (Å²) in [5.74, 6) is 0.962. The lowest BCUT2D eigenvalue weighted by Gasteiger charge is -2.16. The Labute approximate surface area is 118 Å². The fourth-order valence-electron chi connectivity index (χ4n) is 2.16. The highest BCUT2D eigenvalue weighted by molar-refractivity contribution is 7.89. The smallest absolute Gasteiger partial charge is 0.207 e. The first-order valence-corrected chi connectivity index (χ1v) is 8.21. The SMILES string of the molecule is O=S(=O)(c1ccc(Cl)cc1)N1CCC(CCCl)C1. The quantitative estimate of drug-likeness (QED) is 0.802. The molecule has 1 saturated heterocycles. The highest BCUT2D eigenvalue weighted by atomic mass is 35.5. The lowest BCUT2D eigenvalue weighted by atomic mass is 10.1. The Hall–Kier alpha value is -0.290. The molecule has 3 nitrogen and oxygen atoms in total. The van der Waals surface area contributed by atoms with Crippen LogP contribution in [0, 0.1) is 5.92 Å². The van der Waals surface area contributed by atoms with Crippen LogP contribution in [0.15, 0.2) is 29.2 Å². The van der Waals surface area contributed by atoms with Crippen molar-refractivity contribution in [2.45, 2.75) is 17.7 Å². The summed E-state index contributed by atoms with van der Waals surface area (Å²) < 4.78 is 26.2. The number of halogens is 2. The molecule has 1 aromatic rings. The lowest BCUT2D eigenvalue weighted by molar-refractivity contribution is 0.453. The van der Waals surface area contributed by atoms with Crippen molar-refractivity contribution in [3.63, 3.8) is 0 Å². The minimum Gasteiger partial charge on any atom is -0.207 e. The molecule has 0 bridgehead atoms. The zero-order valence-corrected chi connectivity index (χ0v) is 12.2. The molecule has 0 spiro atoms. The second-order valence-electron chi connectivity index (χ2n) is 4.45. The normalized spacial score (nSPS) is 21.3. The number of sulfonamides is 1. The molecule has 1 aliphatic rings. The number of benzene rings is 1. The first kappa shape index (κ1) is 14.1. The highest BCUT2D eigenvalue weighted by Crippen LogP contribution is 2.26. The summed E-state index contributed by atoms with van der Waals surface area (Å²) in [6.45, 7) is 1.14. The Kier molecular flexibility index (Phi) is 4.54. The first-order valence-electron chi connectivity index (χ1n) is 5.85. The van der Waals surface area contributed by atoms with E-state index < -0.39 is 10.0 Å². The molecule has 0 amide bonds. The Morgan fingerprint density at radius 1 is 1.28 bits per heavy atom. The topological polar surface area (TPSA) is 37.4 Å². The van der Waals surface area contributed by atoms with Crippen molar-refractivity contribution in [1.82, 2.24) is 4.31 Å². The first-order chi connectivity index (χ1) is 8.54. The van der Waals surface area contributed by atoms with E-state index in [-0.39, 0.29) is 0 Å². The van der Waals surface area contributed by atoms with E-state index in [2.05, 4.69) is 0 Å². The van der Waals surface area contributed by atoms with Crippen molar-refractivity contribution in [2.24, 2.45) is 5.92 Å². The second kappa shape index (κ2) is 5.78. The monoisotopic (exact) mass is 307 g/mol. The van der Waals surface area contributed by atoms with Crippen molar-refractivity contribution >= 4 is 33.2 Å². The van der Waals surface area contributed by atoms with Crippen LogP contribution in [-0.2, 0) is 10.0 Å². The molecule has 2 rings (SSSR count). The Morgan fingerprint density at radius 3 is 2.56 bits per heavy atom. The van der Waals surface area contributed by atoms with Crippen molar-refractivity contribution in [2.75, 3.05) is 19.0 Å². The van der Waals surface area contributed by atoms with E-state index in [4.69, 9.17) is 23.2 Å². The van der Waals surface area contributed by atoms with Gasteiger partial charge in [-0.3, -0.25) is 0 Å². The van der Waals surface area contributed by atoms with E-state index in [1.165, 1.54) is 4.31 Å². The summed E-state index contributed by atoms with van der Waals surface area (Å²) in [5, 5.41) is 0.537. The van der Waals surface area contributed by atoms with Gasteiger partial charge in [-0.2, -0.15) is 4.31 Å². The van der Waals surface area contributed by atoms with E-state index in [1.807, 2.05) is 0 Å². The van der Waals surface area contributed by atoms with Crippen molar-refractivity contribution in [1.29, 1.82) is 0 Å². The molecule has 0 radical (unpaired) electrons. The van der Waals surface area contributed by atoms with Gasteiger partial charge in [-0.1, -0.05) is 11.6 Å². The van der Waals surface area contributed by atoms with Crippen LogP contribution in [0.3, 0.4) is 0 Å². The average molecular weight is 308 g/mol. The molecule has 1 unspecified atom stereocenters. The van der Waals surface area contributed by atoms with Crippen LogP contribution in [0.25, 0.3) is 0 Å². The minimum absolute atomic E-state index is 0.304. The van der Waals surface area contributed by atoms with Crippen LogP contribution in [0.5, 0.6) is 0 Å². The molecule has 18 heavy (non-hydrogen) atoms. The van der Waals surface area contributed by atoms with Gasteiger partial charge in [0, 0.05) is 24.0 Å². The fraction of sp³-hybridized carbons (Fsp3) is 0.500. The largest absolute Gasteiger partial charge is 0.243 e. The van der Waals surface area contributed by atoms with Crippen LogP contribution in [0.2, 0.25) is 5.02 Å². The number of hydrogen-bond donors (Lipinski definition) is 0. The summed E-state index contributed by atoms with van der Waals surface area (Å²) in [6.07, 6.45) is 1.76. The van der Waals surface area contributed by atoms with Crippen molar-refractivity contribution in [3.8, 4) is 0 Å². The van der Waals surface area contributed by atoms with Gasteiger partial charge in [0.05, 0.1) is 4.90 Å². The number of rotatable bonds is 4. The van der Waals surface area contributed by atoms with Gasteiger partial charge in [-0.05, 0) is 43.0 Å². The predicted molar refractivity (Wildman–Crippen MR) is 73.7 cm³/mol. The van der Waals surface area contributed by atoms with Gasteiger partial charge in [-0.15, -0.1) is 11.6 Å². The Bertz CT molecular complexity index is 501. The van der Waals surface area contributed by atoms with Crippen LogP contribution in [-0.4, -0.2) is 31.7 Å². The maximum absolute atomic E-state index is 12.3. The predicted octanol–water partition coefficient (Wildman–Crippen LogP) is 2.98. The van der Waals surface area contributed by atoms with Crippen molar-refractivity contribution < 1.29 is 8.42 Å². The minimum atomic E-state index is -3.38. The molecule has 0 saturated carbocycles. The van der Waals surface area contributed by atoms with E-state index in [0.29, 0.717) is 34.8 Å². The van der Waals surface area contributed by atoms with Gasteiger partial charge in [0.2, 0.25) is 10.0 Å². The van der Waals surface area contributed by atoms with Gasteiger partial charge in [0.15, 0.2) is 0 Å². The molecule has 1 atom stereocenters. The zero-order chi connectivity index (χ0) is 13.2. The third-order valence-corrected chi connectivity index (χ3v) is 5.57. The summed E-state index contributed by atoms with van der Waals surface area (Å²) in [6, 6.07) is 6.29. The van der Waals surface area contributed by atoms with Crippen LogP contribution in [0.4, 0.5) is 0 Å². The molecule has 0 N–H and O–H groups in total. The Balaban J connectivity index is 2.15. The molecular formula is C12H15Cl2NO2S. The van der Waals surface area contributed by atoms with Gasteiger partial charge in [-0.25, -0.2) is 8.42 Å². The molecule has 6 heteroatoms. The van der Waals surface area contributed by atoms with Gasteiger partial charge in [0.1, 0.15) is 0 Å². The third-order valence-electron chi connectivity index (χ3n) is 3.22. The van der Waals surface area contributed by atoms with E-state index in [9.17, 15) is 8.42 Å². The molecule has 0 aliphatic carbocycles. The lowest BCUT2D eigenvalue weighted by Crippen LogP contribution is -2.28. The molecule has 1 fully saturated rings. The highest BCUT2D eigenvalue weighted by Gasteiger charge is 2.31. The second-order valence-corrected chi connectivity index (χ2v) is 7.20. The number of hydrogen-bond acceptors (Lipinski definition) is 2. The zero-order valence-electron chi connectivity index (χ0n) is 9.85. The van der Waals surface area contributed by atoms with Crippen LogP contribution >= 0.6 is 23.2 Å².